The molecule has 0 spiro atoms. The number of carbonyl (C=O) groups excluding carboxylic acids is 1. The van der Waals surface area contributed by atoms with Crippen molar-refractivity contribution in [3.8, 4) is 0 Å². The lowest BCUT2D eigenvalue weighted by Crippen LogP contribution is -2.04. The third-order valence-electron chi connectivity index (χ3n) is 0.354. The van der Waals surface area contributed by atoms with Crippen molar-refractivity contribution in [2.45, 2.75) is 20.8 Å². The molecule has 48 valence electrons. The molecular formula is C5H16Al2O. The van der Waals surface area contributed by atoms with Crippen LogP contribution >= 0.6 is 0 Å². The predicted octanol–water partition coefficient (Wildman–Crippen LogP) is -1.14. The molecule has 0 heterocycles. The van der Waals surface area contributed by atoms with Crippen molar-refractivity contribution in [1.82, 2.24) is 0 Å². The fourth-order valence-electron chi connectivity index (χ4n) is 0. The molecule has 0 radical (unpaired) electrons. The molecule has 0 saturated heterocycles. The molecule has 3 heteroatoms. The third-order valence-corrected chi connectivity index (χ3v) is 0.354. The van der Waals surface area contributed by atoms with Gasteiger partial charge in [0.15, 0.2) is 34.7 Å². The van der Waals surface area contributed by atoms with E-state index >= 15 is 0 Å². The maximum absolute atomic E-state index is 9.83. The minimum absolute atomic E-state index is 0. The van der Waals surface area contributed by atoms with Crippen LogP contribution in [0.5, 0.6) is 0 Å². The first-order chi connectivity index (χ1) is 2.56. The Bertz CT molecular complexity index is 55.9. The average molecular weight is 146 g/mol. The zero-order chi connectivity index (χ0) is 5.21. The van der Waals surface area contributed by atoms with E-state index in [0.717, 1.165) is 6.29 Å². The van der Waals surface area contributed by atoms with Crippen LogP contribution in [0, 0.1) is 5.41 Å². The lowest BCUT2D eigenvalue weighted by atomic mass is 10.0. The maximum Gasteiger partial charge on any atom is 0.187 e. The van der Waals surface area contributed by atoms with E-state index in [0.29, 0.717) is 0 Å². The van der Waals surface area contributed by atoms with Crippen LogP contribution in [0.25, 0.3) is 0 Å². The van der Waals surface area contributed by atoms with E-state index in [1.54, 1.807) is 0 Å². The van der Waals surface area contributed by atoms with Crippen LogP contribution in [-0.2, 0) is 4.79 Å². The number of aldehydes is 1. The fraction of sp³-hybridized carbons (Fsp3) is 0.800. The number of hydrogen-bond acceptors (Lipinski definition) is 1. The van der Waals surface area contributed by atoms with Crippen LogP contribution in [0.1, 0.15) is 20.8 Å². The topological polar surface area (TPSA) is 17.1 Å². The van der Waals surface area contributed by atoms with E-state index in [-0.39, 0.29) is 40.1 Å². The molecule has 0 aliphatic carbocycles. The van der Waals surface area contributed by atoms with E-state index in [9.17, 15) is 4.79 Å². The van der Waals surface area contributed by atoms with E-state index in [1.165, 1.54) is 0 Å². The van der Waals surface area contributed by atoms with Crippen LogP contribution in [0.15, 0.2) is 0 Å². The van der Waals surface area contributed by atoms with E-state index < -0.39 is 0 Å². The molecule has 0 amide bonds. The van der Waals surface area contributed by atoms with E-state index in [1.807, 2.05) is 20.8 Å². The number of hydrogen-bond donors (Lipinski definition) is 0. The molecule has 0 rings (SSSR count). The highest BCUT2D eigenvalue weighted by molar-refractivity contribution is 5.76. The normalized spacial score (nSPS) is 8.38. The second kappa shape index (κ2) is 5.86. The van der Waals surface area contributed by atoms with Crippen LogP contribution in [0.2, 0.25) is 0 Å². The Balaban J connectivity index is -0.000000125. The highest BCUT2D eigenvalue weighted by atomic mass is 27.0. The van der Waals surface area contributed by atoms with Gasteiger partial charge < -0.3 is 4.79 Å². The molecule has 1 nitrogen and oxygen atoms in total. The highest BCUT2D eigenvalue weighted by Gasteiger charge is 2.04. The van der Waals surface area contributed by atoms with Gasteiger partial charge in [-0.15, -0.1) is 0 Å². The van der Waals surface area contributed by atoms with Crippen LogP contribution in [-0.4, -0.2) is 41.0 Å². The molecule has 0 aliphatic heterocycles. The van der Waals surface area contributed by atoms with Crippen molar-refractivity contribution >= 4 is 41.0 Å². The monoisotopic (exact) mass is 146 g/mol. The fourth-order valence-corrected chi connectivity index (χ4v) is 0. The van der Waals surface area contributed by atoms with Crippen molar-refractivity contribution < 1.29 is 4.79 Å². The third kappa shape index (κ3) is 15.9. The molecule has 0 aromatic rings. The summed E-state index contributed by atoms with van der Waals surface area (Å²) >= 11 is 0. The molecule has 0 saturated carbocycles. The maximum atomic E-state index is 9.83. The van der Waals surface area contributed by atoms with Crippen molar-refractivity contribution in [1.29, 1.82) is 0 Å². The van der Waals surface area contributed by atoms with Gasteiger partial charge in [-0.25, -0.2) is 0 Å². The van der Waals surface area contributed by atoms with Gasteiger partial charge in [0, 0.05) is 5.41 Å². The summed E-state index contributed by atoms with van der Waals surface area (Å²) in [4.78, 5) is 9.83. The van der Waals surface area contributed by atoms with Gasteiger partial charge in [0.05, 0.1) is 0 Å². The second-order valence-corrected chi connectivity index (χ2v) is 2.48. The largest absolute Gasteiger partial charge is 0.303 e. The van der Waals surface area contributed by atoms with Crippen molar-refractivity contribution in [3.05, 3.63) is 0 Å². The summed E-state index contributed by atoms with van der Waals surface area (Å²) in [5.74, 6) is 0. The van der Waals surface area contributed by atoms with E-state index in [4.69, 9.17) is 0 Å². The van der Waals surface area contributed by atoms with Gasteiger partial charge in [0.2, 0.25) is 0 Å². The van der Waals surface area contributed by atoms with Gasteiger partial charge in [-0.05, 0) is 0 Å². The average Bonchev–Trinajstić information content (AvgIpc) is 1.35. The van der Waals surface area contributed by atoms with E-state index in [2.05, 4.69) is 0 Å². The molecule has 0 aromatic carbocycles. The highest BCUT2D eigenvalue weighted by Crippen LogP contribution is 2.05. The summed E-state index contributed by atoms with van der Waals surface area (Å²) in [6.07, 6.45) is 0.938. The van der Waals surface area contributed by atoms with Gasteiger partial charge in [-0.2, -0.15) is 0 Å². The second-order valence-electron chi connectivity index (χ2n) is 2.48. The standard InChI is InChI=1S/C5H10O.2Al.6H/c1-5(2,3)4-6;;;;;;;;/h4H,1-3H3;;;;;;;;. The summed E-state index contributed by atoms with van der Waals surface area (Å²) in [6.45, 7) is 5.62. The summed E-state index contributed by atoms with van der Waals surface area (Å²) < 4.78 is 0. The van der Waals surface area contributed by atoms with Crippen LogP contribution in [0.4, 0.5) is 0 Å². The minimum Gasteiger partial charge on any atom is -0.303 e. The smallest absolute Gasteiger partial charge is 0.187 e. The van der Waals surface area contributed by atoms with Gasteiger partial charge in [0.1, 0.15) is 6.29 Å². The Labute approximate surface area is 72.1 Å². The zero-order valence-corrected chi connectivity index (χ0v) is 4.49. The molecule has 0 bridgehead atoms. The Morgan fingerprint density at radius 2 is 1.25 bits per heavy atom. The van der Waals surface area contributed by atoms with Crippen LogP contribution < -0.4 is 0 Å². The molecule has 0 atom stereocenters. The van der Waals surface area contributed by atoms with Crippen LogP contribution in [0.3, 0.4) is 0 Å². The Morgan fingerprint density at radius 3 is 1.25 bits per heavy atom. The Hall–Kier alpha value is 0.735. The van der Waals surface area contributed by atoms with Gasteiger partial charge in [-0.1, -0.05) is 20.8 Å². The summed E-state index contributed by atoms with van der Waals surface area (Å²) in [5.41, 5.74) is -0.139. The summed E-state index contributed by atoms with van der Waals surface area (Å²) in [6, 6.07) is 0. The first kappa shape index (κ1) is 15.9. The first-order valence-corrected chi connectivity index (χ1v) is 2.02. The minimum atomic E-state index is -0.139. The quantitative estimate of drug-likeness (QED) is 0.312. The van der Waals surface area contributed by atoms with Gasteiger partial charge in [0.25, 0.3) is 0 Å². The molecule has 0 aromatic heterocycles. The lowest BCUT2D eigenvalue weighted by molar-refractivity contribution is -0.113. The Kier molecular flexibility index (Phi) is 11.6. The molecule has 0 fully saturated rings. The SMILES string of the molecule is CC(C)(C)C=O.[AlH3].[AlH3]. The lowest BCUT2D eigenvalue weighted by Gasteiger charge is -2.03. The Morgan fingerprint density at radius 1 is 1.12 bits per heavy atom. The molecule has 8 heavy (non-hydrogen) atoms. The number of rotatable bonds is 0. The molecule has 0 N–H and O–H groups in total. The first-order valence-electron chi connectivity index (χ1n) is 2.02. The van der Waals surface area contributed by atoms with Gasteiger partial charge in [-0.3, -0.25) is 0 Å². The van der Waals surface area contributed by atoms with Gasteiger partial charge >= 0.3 is 0 Å². The zero-order valence-electron chi connectivity index (χ0n) is 4.49. The molecule has 0 aliphatic rings. The molecule has 0 unspecified atom stereocenters. The van der Waals surface area contributed by atoms with Crippen molar-refractivity contribution in [2.75, 3.05) is 0 Å². The van der Waals surface area contributed by atoms with Crippen molar-refractivity contribution in [3.63, 3.8) is 0 Å². The number of carbonyl (C=O) groups is 1. The predicted molar refractivity (Wildman–Crippen MR) is 45.4 cm³/mol. The summed E-state index contributed by atoms with van der Waals surface area (Å²) in [7, 11) is 0. The summed E-state index contributed by atoms with van der Waals surface area (Å²) in [5, 5.41) is 0. The van der Waals surface area contributed by atoms with Crippen molar-refractivity contribution in [2.24, 2.45) is 5.41 Å². The molecular weight excluding hydrogens is 130 g/mol.